The molecule has 2 aromatic carbocycles. The molecule has 0 aliphatic rings. The molecular weight excluding hydrogens is 304 g/mol. The van der Waals surface area contributed by atoms with Crippen molar-refractivity contribution in [2.45, 2.75) is 0 Å². The fourth-order valence-electron chi connectivity index (χ4n) is 2.33. The Morgan fingerprint density at radius 3 is 2.62 bits per heavy atom. The maximum Gasteiger partial charge on any atom is 0.335 e. The number of methoxy groups -OCH3 is 1. The molecular formula is C19H16N2O3. The van der Waals surface area contributed by atoms with Gasteiger partial charge < -0.3 is 14.4 Å². The normalized spacial score (nSPS) is 10.9. The topological polar surface area (TPSA) is 63.8 Å². The molecule has 0 spiro atoms. The number of benzene rings is 2. The zero-order valence-corrected chi connectivity index (χ0v) is 13.1. The Labute approximate surface area is 139 Å². The molecule has 5 heteroatoms. The average molecular weight is 320 g/mol. The quantitative estimate of drug-likeness (QED) is 0.724. The summed E-state index contributed by atoms with van der Waals surface area (Å²) in [5.41, 5.74) is 2.69. The lowest BCUT2D eigenvalue weighted by Crippen LogP contribution is -2.01. The Kier molecular flexibility index (Phi) is 4.43. The molecule has 0 atom stereocenters. The van der Waals surface area contributed by atoms with Gasteiger partial charge in [-0.1, -0.05) is 6.07 Å². The van der Waals surface area contributed by atoms with E-state index in [0.29, 0.717) is 0 Å². The lowest BCUT2D eigenvalue weighted by molar-refractivity contribution is 0.0697. The van der Waals surface area contributed by atoms with E-state index >= 15 is 0 Å². The van der Waals surface area contributed by atoms with Crippen molar-refractivity contribution in [3.63, 3.8) is 0 Å². The minimum atomic E-state index is -0.947. The van der Waals surface area contributed by atoms with E-state index in [4.69, 9.17) is 9.84 Å². The zero-order chi connectivity index (χ0) is 16.9. The molecule has 0 unspecified atom stereocenters. The summed E-state index contributed by atoms with van der Waals surface area (Å²) < 4.78 is 7.01. The lowest BCUT2D eigenvalue weighted by atomic mass is 10.2. The van der Waals surface area contributed by atoms with Crippen LogP contribution in [0.15, 0.2) is 71.9 Å². The van der Waals surface area contributed by atoms with Gasteiger partial charge in [-0.3, -0.25) is 4.99 Å². The highest BCUT2D eigenvalue weighted by atomic mass is 16.5. The molecule has 0 aliphatic carbocycles. The first-order valence-corrected chi connectivity index (χ1v) is 7.36. The predicted molar refractivity (Wildman–Crippen MR) is 93.0 cm³/mol. The third kappa shape index (κ3) is 3.35. The number of hydrogen-bond acceptors (Lipinski definition) is 3. The fraction of sp³-hybridized carbons (Fsp3) is 0.0526. The number of carboxylic acids is 1. The number of aromatic nitrogens is 1. The van der Waals surface area contributed by atoms with Crippen LogP contribution < -0.4 is 4.74 Å². The SMILES string of the molecule is COc1ccc(N=Cc2cccn2-c2cccc(C(=O)O)c2)cc1. The predicted octanol–water partition coefficient (Wildman–Crippen LogP) is 3.93. The third-order valence-electron chi connectivity index (χ3n) is 3.57. The highest BCUT2D eigenvalue weighted by Crippen LogP contribution is 2.18. The van der Waals surface area contributed by atoms with Crippen LogP contribution in [-0.2, 0) is 0 Å². The van der Waals surface area contributed by atoms with Crippen molar-refractivity contribution in [2.24, 2.45) is 4.99 Å². The van der Waals surface area contributed by atoms with Gasteiger partial charge in [-0.15, -0.1) is 0 Å². The lowest BCUT2D eigenvalue weighted by Gasteiger charge is -2.07. The summed E-state index contributed by atoms with van der Waals surface area (Å²) in [5, 5.41) is 9.13. The van der Waals surface area contributed by atoms with Gasteiger partial charge in [0.2, 0.25) is 0 Å². The van der Waals surface area contributed by atoms with Crippen molar-refractivity contribution in [3.05, 3.63) is 78.1 Å². The van der Waals surface area contributed by atoms with Gasteiger partial charge in [0, 0.05) is 11.9 Å². The van der Waals surface area contributed by atoms with Crippen LogP contribution in [0.1, 0.15) is 16.1 Å². The molecule has 0 saturated carbocycles. The average Bonchev–Trinajstić information content (AvgIpc) is 3.09. The minimum absolute atomic E-state index is 0.249. The fourth-order valence-corrected chi connectivity index (χ4v) is 2.33. The number of ether oxygens (including phenoxy) is 1. The second-order valence-electron chi connectivity index (χ2n) is 5.11. The number of aromatic carboxylic acids is 1. The van der Waals surface area contributed by atoms with Crippen molar-refractivity contribution >= 4 is 17.9 Å². The molecule has 1 N–H and O–H groups in total. The maximum absolute atomic E-state index is 11.1. The Balaban J connectivity index is 1.88. The van der Waals surface area contributed by atoms with Crippen LogP contribution in [0.25, 0.3) is 5.69 Å². The van der Waals surface area contributed by atoms with Crippen LogP contribution >= 0.6 is 0 Å². The van der Waals surface area contributed by atoms with Crippen LogP contribution in [-0.4, -0.2) is 29.0 Å². The second-order valence-corrected chi connectivity index (χ2v) is 5.11. The summed E-state index contributed by atoms with van der Waals surface area (Å²) >= 11 is 0. The van der Waals surface area contributed by atoms with Crippen LogP contribution in [0.2, 0.25) is 0 Å². The third-order valence-corrected chi connectivity index (χ3v) is 3.57. The Morgan fingerprint density at radius 1 is 1.12 bits per heavy atom. The van der Waals surface area contributed by atoms with Gasteiger partial charge in [-0.2, -0.15) is 0 Å². The molecule has 0 amide bonds. The first-order chi connectivity index (χ1) is 11.7. The molecule has 0 fully saturated rings. The van der Waals surface area contributed by atoms with Crippen molar-refractivity contribution in [2.75, 3.05) is 7.11 Å². The van der Waals surface area contributed by atoms with Gasteiger partial charge in [0.15, 0.2) is 0 Å². The summed E-state index contributed by atoms with van der Waals surface area (Å²) in [6, 6.07) is 18.0. The van der Waals surface area contributed by atoms with E-state index in [2.05, 4.69) is 4.99 Å². The smallest absolute Gasteiger partial charge is 0.335 e. The van der Waals surface area contributed by atoms with E-state index in [1.807, 2.05) is 53.2 Å². The minimum Gasteiger partial charge on any atom is -0.497 e. The maximum atomic E-state index is 11.1. The second kappa shape index (κ2) is 6.83. The number of nitrogens with zero attached hydrogens (tertiary/aromatic N) is 2. The van der Waals surface area contributed by atoms with E-state index in [1.165, 1.54) is 0 Å². The Hall–Kier alpha value is -3.34. The monoisotopic (exact) mass is 320 g/mol. The molecule has 1 aromatic heterocycles. The molecule has 0 radical (unpaired) electrons. The van der Waals surface area contributed by atoms with Gasteiger partial charge in [0.1, 0.15) is 5.75 Å². The summed E-state index contributed by atoms with van der Waals surface area (Å²) in [7, 11) is 1.62. The van der Waals surface area contributed by atoms with E-state index in [0.717, 1.165) is 22.8 Å². The molecule has 1 heterocycles. The van der Waals surface area contributed by atoms with Crippen LogP contribution in [0.4, 0.5) is 5.69 Å². The van der Waals surface area contributed by atoms with Crippen LogP contribution in [0.5, 0.6) is 5.75 Å². The summed E-state index contributed by atoms with van der Waals surface area (Å²) in [6.07, 6.45) is 3.62. The molecule has 120 valence electrons. The summed E-state index contributed by atoms with van der Waals surface area (Å²) in [4.78, 5) is 15.6. The standard InChI is InChI=1S/C19H16N2O3/c1-24-18-9-7-15(8-10-18)20-13-17-6-3-11-21(17)16-5-2-4-14(12-16)19(22)23/h2-13H,1H3,(H,22,23). The highest BCUT2D eigenvalue weighted by Gasteiger charge is 2.06. The molecule has 0 bridgehead atoms. The Morgan fingerprint density at radius 2 is 1.92 bits per heavy atom. The number of carboxylic acid groups (broad SMARTS) is 1. The molecule has 0 aliphatic heterocycles. The van der Waals surface area contributed by atoms with E-state index in [-0.39, 0.29) is 5.56 Å². The number of carbonyl (C=O) groups is 1. The Bertz CT molecular complexity index is 880. The van der Waals surface area contributed by atoms with Gasteiger partial charge in [-0.25, -0.2) is 4.79 Å². The van der Waals surface area contributed by atoms with Crippen LogP contribution in [0.3, 0.4) is 0 Å². The largest absolute Gasteiger partial charge is 0.497 e. The summed E-state index contributed by atoms with van der Waals surface area (Å²) in [6.45, 7) is 0. The van der Waals surface area contributed by atoms with Crippen LogP contribution in [0, 0.1) is 0 Å². The van der Waals surface area contributed by atoms with Gasteiger partial charge >= 0.3 is 5.97 Å². The van der Waals surface area contributed by atoms with E-state index < -0.39 is 5.97 Å². The van der Waals surface area contributed by atoms with Crippen molar-refractivity contribution in [1.82, 2.24) is 4.57 Å². The van der Waals surface area contributed by atoms with Crippen molar-refractivity contribution in [1.29, 1.82) is 0 Å². The molecule has 3 aromatic rings. The number of aliphatic imine (C=N–C) groups is 1. The number of rotatable bonds is 5. The van der Waals surface area contributed by atoms with Gasteiger partial charge in [-0.05, 0) is 54.6 Å². The molecule has 24 heavy (non-hydrogen) atoms. The van der Waals surface area contributed by atoms with E-state index in [9.17, 15) is 4.79 Å². The van der Waals surface area contributed by atoms with Crippen molar-refractivity contribution < 1.29 is 14.6 Å². The van der Waals surface area contributed by atoms with Gasteiger partial charge in [0.25, 0.3) is 0 Å². The zero-order valence-electron chi connectivity index (χ0n) is 13.1. The highest BCUT2D eigenvalue weighted by molar-refractivity contribution is 5.88. The van der Waals surface area contributed by atoms with E-state index in [1.54, 1.807) is 31.5 Å². The first-order valence-electron chi connectivity index (χ1n) is 7.36. The first kappa shape index (κ1) is 15.6. The molecule has 3 rings (SSSR count). The van der Waals surface area contributed by atoms with Gasteiger partial charge in [0.05, 0.1) is 30.3 Å². The molecule has 5 nitrogen and oxygen atoms in total. The summed E-state index contributed by atoms with van der Waals surface area (Å²) in [5.74, 6) is -0.166. The molecule has 0 saturated heterocycles. The van der Waals surface area contributed by atoms with Crippen molar-refractivity contribution in [3.8, 4) is 11.4 Å². The number of hydrogen-bond donors (Lipinski definition) is 1.